The minimum Gasteiger partial charge on any atom is -0.328 e. The molecule has 3 fully saturated rings. The van der Waals surface area contributed by atoms with Crippen LogP contribution in [0.25, 0.3) is 11.2 Å². The van der Waals surface area contributed by atoms with Crippen molar-refractivity contribution in [3.63, 3.8) is 0 Å². The van der Waals surface area contributed by atoms with E-state index in [0.717, 1.165) is 34.1 Å². The molecule has 0 radical (unpaired) electrons. The minimum atomic E-state index is 0.513. The third-order valence-corrected chi connectivity index (χ3v) is 5.12. The number of nitrogens with zero attached hydrogens (tertiary/aromatic N) is 4. The molecule has 0 saturated carbocycles. The van der Waals surface area contributed by atoms with E-state index in [1.54, 1.807) is 0 Å². The monoisotopic (exact) mass is 277 g/mol. The Morgan fingerprint density at radius 2 is 2.05 bits per heavy atom. The topological polar surface area (TPSA) is 41.8 Å². The van der Waals surface area contributed by atoms with Gasteiger partial charge < -0.3 is 9.88 Å². The lowest BCUT2D eigenvalue weighted by molar-refractivity contribution is 0.0577. The van der Waals surface area contributed by atoms with E-state index in [4.69, 9.17) is 12.2 Å². The molecule has 2 aromatic rings. The molecule has 3 aliphatic rings. The van der Waals surface area contributed by atoms with Crippen LogP contribution in [0.15, 0.2) is 0 Å². The highest BCUT2D eigenvalue weighted by atomic mass is 32.1. The number of hydrogen-bond acceptors (Lipinski definition) is 3. The first-order chi connectivity index (χ1) is 9.15. The molecule has 5 heterocycles. The smallest absolute Gasteiger partial charge is 0.179 e. The lowest BCUT2D eigenvalue weighted by Crippen LogP contribution is -2.48. The molecule has 3 saturated heterocycles. The molecule has 2 bridgehead atoms. The summed E-state index contributed by atoms with van der Waals surface area (Å²) < 4.78 is 5.14. The van der Waals surface area contributed by atoms with Gasteiger partial charge in [0.15, 0.2) is 10.4 Å². The number of aryl methyl sites for hydroxylation is 2. The Kier molecular flexibility index (Phi) is 2.41. The molecule has 6 heteroatoms. The fourth-order valence-electron chi connectivity index (χ4n) is 3.87. The van der Waals surface area contributed by atoms with Gasteiger partial charge in [-0.25, -0.2) is 0 Å². The molecule has 1 atom stereocenters. The molecule has 0 spiro atoms. The molecule has 19 heavy (non-hydrogen) atoms. The summed E-state index contributed by atoms with van der Waals surface area (Å²) in [6, 6.07) is 0.513. The molecular weight excluding hydrogens is 258 g/mol. The van der Waals surface area contributed by atoms with Gasteiger partial charge in [-0.05, 0) is 51.0 Å². The predicted molar refractivity (Wildman–Crippen MR) is 76.8 cm³/mol. The fraction of sp³-hybridized carbons (Fsp3) is 0.692. The SMILES string of the molecule is Cc1nn(C)c2c1[nH]c(=S)n2C1CN2CCC1CC2. The van der Waals surface area contributed by atoms with Crippen LogP contribution in [0.1, 0.15) is 24.6 Å². The molecule has 0 amide bonds. The van der Waals surface area contributed by atoms with Crippen LogP contribution >= 0.6 is 12.2 Å². The van der Waals surface area contributed by atoms with Crippen molar-refractivity contribution in [3.05, 3.63) is 10.5 Å². The molecule has 0 aromatic carbocycles. The van der Waals surface area contributed by atoms with Gasteiger partial charge in [0.05, 0.1) is 11.7 Å². The second-order valence-corrected chi connectivity index (χ2v) is 6.30. The molecule has 1 N–H and O–H groups in total. The Labute approximate surface area is 117 Å². The Balaban J connectivity index is 1.91. The van der Waals surface area contributed by atoms with Crippen molar-refractivity contribution < 1.29 is 0 Å². The van der Waals surface area contributed by atoms with Gasteiger partial charge in [-0.15, -0.1) is 0 Å². The van der Waals surface area contributed by atoms with Crippen molar-refractivity contribution in [1.82, 2.24) is 24.2 Å². The van der Waals surface area contributed by atoms with Gasteiger partial charge in [-0.1, -0.05) is 0 Å². The average molecular weight is 277 g/mol. The van der Waals surface area contributed by atoms with Gasteiger partial charge in [0.2, 0.25) is 0 Å². The maximum Gasteiger partial charge on any atom is 0.179 e. The number of imidazole rings is 1. The minimum absolute atomic E-state index is 0.513. The third-order valence-electron chi connectivity index (χ3n) is 4.82. The lowest BCUT2D eigenvalue weighted by Gasteiger charge is -2.45. The van der Waals surface area contributed by atoms with Crippen molar-refractivity contribution in [1.29, 1.82) is 0 Å². The second-order valence-electron chi connectivity index (χ2n) is 5.91. The lowest BCUT2D eigenvalue weighted by atomic mass is 9.84. The number of hydrogen-bond donors (Lipinski definition) is 1. The Bertz CT molecular complexity index is 686. The average Bonchev–Trinajstić information content (AvgIpc) is 2.89. The first-order valence-electron chi connectivity index (χ1n) is 7.01. The van der Waals surface area contributed by atoms with E-state index < -0.39 is 0 Å². The van der Waals surface area contributed by atoms with Gasteiger partial charge in [0.1, 0.15) is 5.52 Å². The van der Waals surface area contributed by atoms with Gasteiger partial charge in [-0.3, -0.25) is 9.25 Å². The molecule has 3 aliphatic heterocycles. The quantitative estimate of drug-likeness (QED) is 0.811. The van der Waals surface area contributed by atoms with Crippen LogP contribution in [-0.4, -0.2) is 43.9 Å². The number of nitrogens with one attached hydrogen (secondary N) is 1. The highest BCUT2D eigenvalue weighted by Crippen LogP contribution is 2.37. The molecule has 102 valence electrons. The number of aromatic amines is 1. The summed E-state index contributed by atoms with van der Waals surface area (Å²) >= 11 is 5.57. The largest absolute Gasteiger partial charge is 0.328 e. The zero-order valence-corrected chi connectivity index (χ0v) is 12.2. The highest BCUT2D eigenvalue weighted by molar-refractivity contribution is 7.71. The van der Waals surface area contributed by atoms with Crippen LogP contribution < -0.4 is 0 Å². The van der Waals surface area contributed by atoms with Crippen molar-refractivity contribution in [2.45, 2.75) is 25.8 Å². The Hall–Kier alpha value is -1.14. The van der Waals surface area contributed by atoms with Gasteiger partial charge in [0, 0.05) is 13.6 Å². The van der Waals surface area contributed by atoms with Crippen LogP contribution in [0.4, 0.5) is 0 Å². The summed E-state index contributed by atoms with van der Waals surface area (Å²) in [6.07, 6.45) is 2.60. The van der Waals surface area contributed by atoms with Crippen LogP contribution in [0.5, 0.6) is 0 Å². The summed E-state index contributed by atoms with van der Waals surface area (Å²) in [7, 11) is 2.01. The molecule has 5 rings (SSSR count). The van der Waals surface area contributed by atoms with Gasteiger partial charge in [-0.2, -0.15) is 5.10 Å². The standard InChI is InChI=1S/C13H19N5S/c1-8-11-12(16(2)15-8)18(13(19)14-11)10-7-17-5-3-9(10)4-6-17/h9-10H,3-7H2,1-2H3,(H,14,19). The fourth-order valence-corrected chi connectivity index (χ4v) is 4.19. The van der Waals surface area contributed by atoms with Crippen molar-refractivity contribution in [2.75, 3.05) is 19.6 Å². The maximum absolute atomic E-state index is 5.57. The molecule has 1 unspecified atom stereocenters. The molecule has 0 aliphatic carbocycles. The number of piperidine rings is 3. The van der Waals surface area contributed by atoms with E-state index in [2.05, 4.69) is 19.5 Å². The Morgan fingerprint density at radius 3 is 2.68 bits per heavy atom. The highest BCUT2D eigenvalue weighted by Gasteiger charge is 2.36. The molecule has 5 nitrogen and oxygen atoms in total. The zero-order valence-electron chi connectivity index (χ0n) is 11.4. The summed E-state index contributed by atoms with van der Waals surface area (Å²) in [5.41, 5.74) is 3.29. The van der Waals surface area contributed by atoms with Crippen molar-refractivity contribution in [2.24, 2.45) is 13.0 Å². The van der Waals surface area contributed by atoms with Crippen molar-refractivity contribution in [3.8, 4) is 0 Å². The van der Waals surface area contributed by atoms with E-state index in [-0.39, 0.29) is 0 Å². The first-order valence-corrected chi connectivity index (χ1v) is 7.42. The van der Waals surface area contributed by atoms with Crippen molar-refractivity contribution >= 4 is 23.4 Å². The Morgan fingerprint density at radius 1 is 1.32 bits per heavy atom. The second kappa shape index (κ2) is 3.93. The summed E-state index contributed by atoms with van der Waals surface area (Å²) in [5.74, 6) is 0.769. The van der Waals surface area contributed by atoms with E-state index in [1.165, 1.54) is 25.9 Å². The summed E-state index contributed by atoms with van der Waals surface area (Å²) in [6.45, 7) is 5.68. The normalized spacial score (nSPS) is 30.3. The number of fused-ring (bicyclic) bond motifs is 4. The van der Waals surface area contributed by atoms with E-state index in [9.17, 15) is 0 Å². The van der Waals surface area contributed by atoms with Crippen LogP contribution in [0.2, 0.25) is 0 Å². The molecule has 2 aromatic heterocycles. The maximum atomic E-state index is 5.57. The molecular formula is C13H19N5S. The number of rotatable bonds is 1. The first kappa shape index (κ1) is 11.7. The van der Waals surface area contributed by atoms with Crippen LogP contribution in [0, 0.1) is 17.6 Å². The van der Waals surface area contributed by atoms with Crippen LogP contribution in [0.3, 0.4) is 0 Å². The number of aromatic nitrogens is 4. The van der Waals surface area contributed by atoms with Gasteiger partial charge >= 0.3 is 0 Å². The van der Waals surface area contributed by atoms with E-state index in [1.807, 2.05) is 18.7 Å². The number of H-pyrrole nitrogens is 1. The summed E-state index contributed by atoms with van der Waals surface area (Å²) in [4.78, 5) is 5.91. The summed E-state index contributed by atoms with van der Waals surface area (Å²) in [5, 5.41) is 4.51. The zero-order chi connectivity index (χ0) is 13.1. The van der Waals surface area contributed by atoms with Crippen LogP contribution in [-0.2, 0) is 7.05 Å². The van der Waals surface area contributed by atoms with E-state index in [0.29, 0.717) is 6.04 Å². The van der Waals surface area contributed by atoms with Gasteiger partial charge in [0.25, 0.3) is 0 Å². The third kappa shape index (κ3) is 1.56. The predicted octanol–water partition coefficient (Wildman–Crippen LogP) is 2.01. The van der Waals surface area contributed by atoms with E-state index >= 15 is 0 Å².